The number of benzene rings is 1. The van der Waals surface area contributed by atoms with E-state index in [2.05, 4.69) is 5.32 Å². The molecule has 1 aromatic carbocycles. The molecular weight excluding hydrogens is 250 g/mol. The van der Waals surface area contributed by atoms with E-state index in [1.165, 1.54) is 0 Å². The molecule has 4 heteroatoms. The highest BCUT2D eigenvalue weighted by molar-refractivity contribution is 6.19. The molecule has 0 aliphatic rings. The Balaban J connectivity index is 2.94. The first-order chi connectivity index (χ1) is 8.62. The van der Waals surface area contributed by atoms with Gasteiger partial charge >= 0.3 is 0 Å². The average Bonchev–Trinajstić information content (AvgIpc) is 2.44. The number of carbonyl (C=O) groups is 1. The number of rotatable bonds is 6. The predicted molar refractivity (Wildman–Crippen MR) is 74.5 cm³/mol. The van der Waals surface area contributed by atoms with E-state index in [0.717, 1.165) is 12.8 Å². The molecule has 0 saturated heterocycles. The highest BCUT2D eigenvalue weighted by atomic mass is 35.5. The van der Waals surface area contributed by atoms with E-state index in [-0.39, 0.29) is 11.4 Å². The minimum atomic E-state index is -0.348. The Hall–Kier alpha value is -1.22. The van der Waals surface area contributed by atoms with Crippen LogP contribution in [0.1, 0.15) is 37.0 Å². The molecule has 0 atom stereocenters. The maximum atomic E-state index is 12.3. The Morgan fingerprint density at radius 1 is 1.33 bits per heavy atom. The largest absolute Gasteiger partial charge is 0.496 e. The van der Waals surface area contributed by atoms with Crippen LogP contribution in [-0.2, 0) is 0 Å². The molecule has 0 spiro atoms. The zero-order valence-corrected chi connectivity index (χ0v) is 11.9. The van der Waals surface area contributed by atoms with E-state index in [0.29, 0.717) is 17.2 Å². The third-order valence-corrected chi connectivity index (χ3v) is 3.85. The van der Waals surface area contributed by atoms with Gasteiger partial charge in [-0.05, 0) is 25.0 Å². The van der Waals surface area contributed by atoms with Gasteiger partial charge in [0.2, 0.25) is 0 Å². The van der Waals surface area contributed by atoms with Crippen LogP contribution in [0.25, 0.3) is 0 Å². The van der Waals surface area contributed by atoms with E-state index in [4.69, 9.17) is 16.3 Å². The van der Waals surface area contributed by atoms with Crippen molar-refractivity contribution in [3.05, 3.63) is 29.8 Å². The lowest BCUT2D eigenvalue weighted by molar-refractivity contribution is 0.0899. The smallest absolute Gasteiger partial charge is 0.255 e. The second-order valence-corrected chi connectivity index (χ2v) is 4.54. The lowest BCUT2D eigenvalue weighted by atomic mass is 9.94. The SMILES string of the molecule is CCC(CC)(CCl)NC(=O)c1ccccc1OC. The van der Waals surface area contributed by atoms with Gasteiger partial charge in [0.25, 0.3) is 5.91 Å². The Morgan fingerprint density at radius 2 is 1.94 bits per heavy atom. The molecule has 1 aromatic rings. The summed E-state index contributed by atoms with van der Waals surface area (Å²) in [6.07, 6.45) is 1.60. The molecule has 18 heavy (non-hydrogen) atoms. The number of alkyl halides is 1. The zero-order chi connectivity index (χ0) is 13.6. The Morgan fingerprint density at radius 3 is 2.44 bits per heavy atom. The molecule has 0 unspecified atom stereocenters. The summed E-state index contributed by atoms with van der Waals surface area (Å²) in [6.45, 7) is 4.04. The van der Waals surface area contributed by atoms with Crippen molar-refractivity contribution in [1.29, 1.82) is 0 Å². The van der Waals surface area contributed by atoms with Gasteiger partial charge in [-0.3, -0.25) is 4.79 Å². The van der Waals surface area contributed by atoms with E-state index < -0.39 is 0 Å². The van der Waals surface area contributed by atoms with Crippen LogP contribution in [0.5, 0.6) is 5.75 Å². The number of halogens is 1. The molecule has 0 fully saturated rings. The topological polar surface area (TPSA) is 38.3 Å². The van der Waals surface area contributed by atoms with Gasteiger partial charge in [-0.1, -0.05) is 26.0 Å². The van der Waals surface area contributed by atoms with Crippen LogP contribution >= 0.6 is 11.6 Å². The number of para-hydroxylation sites is 1. The summed E-state index contributed by atoms with van der Waals surface area (Å²) in [4.78, 5) is 12.3. The second-order valence-electron chi connectivity index (χ2n) is 4.28. The summed E-state index contributed by atoms with van der Waals surface area (Å²) in [5, 5.41) is 3.02. The number of amides is 1. The van der Waals surface area contributed by atoms with Crippen LogP contribution in [-0.4, -0.2) is 24.4 Å². The van der Waals surface area contributed by atoms with Gasteiger partial charge in [0.1, 0.15) is 5.75 Å². The summed E-state index contributed by atoms with van der Waals surface area (Å²) in [5.41, 5.74) is 0.191. The number of hydrogen-bond acceptors (Lipinski definition) is 2. The van der Waals surface area contributed by atoms with Gasteiger partial charge < -0.3 is 10.1 Å². The van der Waals surface area contributed by atoms with Crippen LogP contribution in [0.15, 0.2) is 24.3 Å². The first-order valence-electron chi connectivity index (χ1n) is 6.14. The third kappa shape index (κ3) is 3.16. The summed E-state index contributed by atoms with van der Waals surface area (Å²) in [5.74, 6) is 0.837. The fourth-order valence-corrected chi connectivity index (χ4v) is 2.23. The molecule has 0 aromatic heterocycles. The van der Waals surface area contributed by atoms with Crippen molar-refractivity contribution in [1.82, 2.24) is 5.32 Å². The molecule has 0 aliphatic heterocycles. The maximum absolute atomic E-state index is 12.3. The fourth-order valence-electron chi connectivity index (χ4n) is 1.79. The first kappa shape index (κ1) is 14.8. The number of ether oxygens (including phenoxy) is 1. The molecule has 0 radical (unpaired) electrons. The lowest BCUT2D eigenvalue weighted by Crippen LogP contribution is -2.49. The van der Waals surface area contributed by atoms with Crippen LogP contribution in [0.4, 0.5) is 0 Å². The van der Waals surface area contributed by atoms with Crippen molar-refractivity contribution in [3.63, 3.8) is 0 Å². The van der Waals surface area contributed by atoms with Crippen LogP contribution in [0.3, 0.4) is 0 Å². The van der Waals surface area contributed by atoms with E-state index in [1.54, 1.807) is 19.2 Å². The molecule has 100 valence electrons. The number of carbonyl (C=O) groups excluding carboxylic acids is 1. The van der Waals surface area contributed by atoms with Crippen molar-refractivity contribution in [2.24, 2.45) is 0 Å². The molecule has 0 bridgehead atoms. The molecule has 1 N–H and O–H groups in total. The molecule has 0 aliphatic carbocycles. The highest BCUT2D eigenvalue weighted by Crippen LogP contribution is 2.21. The van der Waals surface area contributed by atoms with Crippen LogP contribution < -0.4 is 10.1 Å². The first-order valence-corrected chi connectivity index (χ1v) is 6.67. The van der Waals surface area contributed by atoms with Gasteiger partial charge in [-0.2, -0.15) is 0 Å². The van der Waals surface area contributed by atoms with Gasteiger partial charge in [0, 0.05) is 5.88 Å². The number of nitrogens with one attached hydrogen (secondary N) is 1. The molecular formula is C14H20ClNO2. The minimum Gasteiger partial charge on any atom is -0.496 e. The molecule has 1 amide bonds. The monoisotopic (exact) mass is 269 g/mol. The van der Waals surface area contributed by atoms with Gasteiger partial charge in [-0.15, -0.1) is 11.6 Å². The summed E-state index contributed by atoms with van der Waals surface area (Å²) in [7, 11) is 1.56. The van der Waals surface area contributed by atoms with Gasteiger partial charge in [-0.25, -0.2) is 0 Å². The minimum absolute atomic E-state index is 0.142. The fraction of sp³-hybridized carbons (Fsp3) is 0.500. The van der Waals surface area contributed by atoms with Crippen molar-refractivity contribution < 1.29 is 9.53 Å². The normalized spacial score (nSPS) is 11.1. The van der Waals surface area contributed by atoms with Gasteiger partial charge in [0.15, 0.2) is 0 Å². The predicted octanol–water partition coefficient (Wildman–Crippen LogP) is 3.22. The Bertz CT molecular complexity index is 394. The summed E-state index contributed by atoms with van der Waals surface area (Å²) in [6, 6.07) is 7.18. The molecule has 0 heterocycles. The zero-order valence-electron chi connectivity index (χ0n) is 11.1. The van der Waals surface area contributed by atoms with Crippen molar-refractivity contribution in [2.75, 3.05) is 13.0 Å². The average molecular weight is 270 g/mol. The maximum Gasteiger partial charge on any atom is 0.255 e. The van der Waals surface area contributed by atoms with Gasteiger partial charge in [0.05, 0.1) is 18.2 Å². The second kappa shape index (κ2) is 6.64. The summed E-state index contributed by atoms with van der Waals surface area (Å²) < 4.78 is 5.19. The van der Waals surface area contributed by atoms with Crippen molar-refractivity contribution in [2.45, 2.75) is 32.2 Å². The number of hydrogen-bond donors (Lipinski definition) is 1. The van der Waals surface area contributed by atoms with Crippen molar-refractivity contribution >= 4 is 17.5 Å². The Kier molecular flexibility index (Phi) is 5.48. The number of methoxy groups -OCH3 is 1. The lowest BCUT2D eigenvalue weighted by Gasteiger charge is -2.30. The van der Waals surface area contributed by atoms with E-state index in [1.807, 2.05) is 26.0 Å². The third-order valence-electron chi connectivity index (χ3n) is 3.34. The molecule has 1 rings (SSSR count). The molecule has 0 saturated carbocycles. The summed E-state index contributed by atoms with van der Waals surface area (Å²) >= 11 is 5.98. The quantitative estimate of drug-likeness (QED) is 0.806. The van der Waals surface area contributed by atoms with Crippen molar-refractivity contribution in [3.8, 4) is 5.75 Å². The standard InChI is InChI=1S/C14H20ClNO2/c1-4-14(5-2,10-15)16-13(17)11-8-6-7-9-12(11)18-3/h6-9H,4-5,10H2,1-3H3,(H,16,17). The van der Waals surface area contributed by atoms with E-state index >= 15 is 0 Å². The van der Waals surface area contributed by atoms with Crippen LogP contribution in [0, 0.1) is 0 Å². The highest BCUT2D eigenvalue weighted by Gasteiger charge is 2.28. The van der Waals surface area contributed by atoms with E-state index in [9.17, 15) is 4.79 Å². The Labute approximate surface area is 113 Å². The van der Waals surface area contributed by atoms with Crippen LogP contribution in [0.2, 0.25) is 0 Å². The molecule has 3 nitrogen and oxygen atoms in total.